The molecule has 1 N–H and O–H groups in total. The van der Waals surface area contributed by atoms with Crippen LogP contribution in [0.15, 0.2) is 0 Å². The average Bonchev–Trinajstić information content (AvgIpc) is 2.22. The third-order valence-corrected chi connectivity index (χ3v) is 1.66. The summed E-state index contributed by atoms with van der Waals surface area (Å²) in [5.41, 5.74) is -0.579. The molecule has 0 fully saturated rings. The van der Waals surface area contributed by atoms with Crippen molar-refractivity contribution in [2.45, 2.75) is 85.4 Å². The molecule has 0 aliphatic rings. The molecular formula is C14H32O4. The third-order valence-electron chi connectivity index (χ3n) is 1.66. The van der Waals surface area contributed by atoms with E-state index < -0.39 is 5.60 Å². The molecule has 0 radical (unpaired) electrons. The van der Waals surface area contributed by atoms with Crippen LogP contribution in [0.3, 0.4) is 0 Å². The summed E-state index contributed by atoms with van der Waals surface area (Å²) in [7, 11) is 0. The summed E-state index contributed by atoms with van der Waals surface area (Å²) in [5.74, 6) is 0. The summed E-state index contributed by atoms with van der Waals surface area (Å²) in [5, 5.41) is 7.90. The molecule has 112 valence electrons. The SMILES string of the molecule is CC(C)(C)OO.CCCCCCOOC(C)(C)C. The molecule has 4 nitrogen and oxygen atoms in total. The second-order valence-electron chi connectivity index (χ2n) is 6.28. The van der Waals surface area contributed by atoms with Crippen LogP contribution in [-0.2, 0) is 14.7 Å². The van der Waals surface area contributed by atoms with Crippen LogP contribution in [0.5, 0.6) is 0 Å². The Morgan fingerprint density at radius 3 is 1.67 bits per heavy atom. The molecule has 18 heavy (non-hydrogen) atoms. The normalized spacial score (nSPS) is 12.0. The number of hydrogen-bond donors (Lipinski definition) is 1. The minimum atomic E-state index is -0.403. The molecule has 0 saturated carbocycles. The first-order valence-corrected chi connectivity index (χ1v) is 6.75. The molecule has 0 aliphatic carbocycles. The van der Waals surface area contributed by atoms with Crippen molar-refractivity contribution >= 4 is 0 Å². The van der Waals surface area contributed by atoms with Crippen LogP contribution in [0.1, 0.15) is 74.1 Å². The van der Waals surface area contributed by atoms with Crippen LogP contribution in [0.4, 0.5) is 0 Å². The van der Waals surface area contributed by atoms with E-state index in [1.165, 1.54) is 19.3 Å². The van der Waals surface area contributed by atoms with Crippen molar-refractivity contribution < 1.29 is 19.9 Å². The lowest BCUT2D eigenvalue weighted by atomic mass is 10.2. The van der Waals surface area contributed by atoms with Gasteiger partial charge in [-0.15, -0.1) is 0 Å². The zero-order chi connectivity index (χ0) is 14.7. The topological polar surface area (TPSA) is 47.9 Å². The predicted octanol–water partition coefficient (Wildman–Crippen LogP) is 4.59. The molecule has 0 bridgehead atoms. The van der Waals surface area contributed by atoms with Crippen LogP contribution >= 0.6 is 0 Å². The molecule has 4 heteroatoms. The highest BCUT2D eigenvalue weighted by molar-refractivity contribution is 4.54. The number of unbranched alkanes of at least 4 members (excludes halogenated alkanes) is 3. The third kappa shape index (κ3) is 24.9. The summed E-state index contributed by atoms with van der Waals surface area (Å²) in [6.45, 7) is 14.2. The summed E-state index contributed by atoms with van der Waals surface area (Å²) in [4.78, 5) is 14.1. The predicted molar refractivity (Wildman–Crippen MR) is 74.4 cm³/mol. The molecule has 0 aromatic carbocycles. The largest absolute Gasteiger partial charge is 0.251 e. The van der Waals surface area contributed by atoms with Crippen LogP contribution < -0.4 is 0 Å². The van der Waals surface area contributed by atoms with Gasteiger partial charge in [0.05, 0.1) is 17.8 Å². The van der Waals surface area contributed by atoms with Gasteiger partial charge in [0.2, 0.25) is 0 Å². The molecule has 0 spiro atoms. The van der Waals surface area contributed by atoms with Gasteiger partial charge in [-0.3, -0.25) is 5.26 Å². The van der Waals surface area contributed by atoms with Crippen molar-refractivity contribution in [3.63, 3.8) is 0 Å². The van der Waals surface area contributed by atoms with Gasteiger partial charge in [-0.1, -0.05) is 26.2 Å². The van der Waals surface area contributed by atoms with E-state index in [1.54, 1.807) is 20.8 Å². The first-order valence-electron chi connectivity index (χ1n) is 6.75. The van der Waals surface area contributed by atoms with Crippen molar-refractivity contribution in [1.82, 2.24) is 0 Å². The zero-order valence-electron chi connectivity index (χ0n) is 13.2. The van der Waals surface area contributed by atoms with E-state index in [9.17, 15) is 0 Å². The van der Waals surface area contributed by atoms with E-state index >= 15 is 0 Å². The highest BCUT2D eigenvalue weighted by Crippen LogP contribution is 2.08. The Morgan fingerprint density at radius 2 is 1.33 bits per heavy atom. The van der Waals surface area contributed by atoms with Crippen LogP contribution in [-0.4, -0.2) is 23.1 Å². The van der Waals surface area contributed by atoms with Gasteiger partial charge in [0.25, 0.3) is 0 Å². The van der Waals surface area contributed by atoms with Crippen LogP contribution in [0.25, 0.3) is 0 Å². The van der Waals surface area contributed by atoms with E-state index in [4.69, 9.17) is 15.0 Å². The van der Waals surface area contributed by atoms with Gasteiger partial charge in [-0.25, -0.2) is 14.7 Å². The number of hydrogen-bond acceptors (Lipinski definition) is 4. The lowest BCUT2D eigenvalue weighted by Gasteiger charge is -2.17. The monoisotopic (exact) mass is 264 g/mol. The van der Waals surface area contributed by atoms with Crippen molar-refractivity contribution in [3.8, 4) is 0 Å². The first kappa shape index (κ1) is 20.2. The fourth-order valence-electron chi connectivity index (χ4n) is 0.806. The summed E-state index contributed by atoms with van der Waals surface area (Å²) >= 11 is 0. The lowest BCUT2D eigenvalue weighted by Crippen LogP contribution is -2.19. The van der Waals surface area contributed by atoms with E-state index in [0.717, 1.165) is 13.0 Å². The van der Waals surface area contributed by atoms with E-state index in [1.807, 2.05) is 20.8 Å². The summed E-state index contributed by atoms with van der Waals surface area (Å²) in [6.07, 6.45) is 4.90. The van der Waals surface area contributed by atoms with Gasteiger partial charge in [0.1, 0.15) is 0 Å². The maximum absolute atomic E-state index is 7.90. The molecule has 0 aromatic rings. The van der Waals surface area contributed by atoms with Gasteiger partial charge in [0, 0.05) is 0 Å². The first-order chi connectivity index (χ1) is 8.12. The Morgan fingerprint density at radius 1 is 0.833 bits per heavy atom. The van der Waals surface area contributed by atoms with Crippen LogP contribution in [0.2, 0.25) is 0 Å². The lowest BCUT2D eigenvalue weighted by molar-refractivity contribution is -0.348. The second kappa shape index (κ2) is 10.7. The minimum absolute atomic E-state index is 0.176. The van der Waals surface area contributed by atoms with Gasteiger partial charge >= 0.3 is 0 Å². The highest BCUT2D eigenvalue weighted by Gasteiger charge is 2.10. The molecule has 0 atom stereocenters. The Bertz CT molecular complexity index is 168. The zero-order valence-corrected chi connectivity index (χ0v) is 13.2. The molecule has 0 unspecified atom stereocenters. The van der Waals surface area contributed by atoms with Gasteiger partial charge in [0.15, 0.2) is 0 Å². The fraction of sp³-hybridized carbons (Fsp3) is 1.00. The van der Waals surface area contributed by atoms with Gasteiger partial charge in [-0.05, 0) is 48.0 Å². The molecule has 0 saturated heterocycles. The Hall–Kier alpha value is -0.160. The second-order valence-corrected chi connectivity index (χ2v) is 6.28. The van der Waals surface area contributed by atoms with Crippen molar-refractivity contribution in [2.75, 3.05) is 6.61 Å². The van der Waals surface area contributed by atoms with Crippen molar-refractivity contribution in [3.05, 3.63) is 0 Å². The molecule has 0 heterocycles. The van der Waals surface area contributed by atoms with Crippen molar-refractivity contribution in [1.29, 1.82) is 0 Å². The van der Waals surface area contributed by atoms with Gasteiger partial charge in [-0.2, -0.15) is 0 Å². The van der Waals surface area contributed by atoms with E-state index in [0.29, 0.717) is 0 Å². The molecule has 0 aliphatic heterocycles. The Balaban J connectivity index is 0. The highest BCUT2D eigenvalue weighted by atomic mass is 17.2. The maximum atomic E-state index is 7.90. The van der Waals surface area contributed by atoms with Crippen molar-refractivity contribution in [2.24, 2.45) is 0 Å². The standard InChI is InChI=1S/C10H22O2.C4H10O2/c1-5-6-7-8-9-11-12-10(2,3)4;1-4(2,3)6-5/h5-9H2,1-4H3;5H,1-3H3. The van der Waals surface area contributed by atoms with Crippen LogP contribution in [0, 0.1) is 0 Å². The maximum Gasteiger partial charge on any atom is 0.0952 e. The van der Waals surface area contributed by atoms with E-state index in [-0.39, 0.29) is 5.60 Å². The smallest absolute Gasteiger partial charge is 0.0952 e. The van der Waals surface area contributed by atoms with Gasteiger partial charge < -0.3 is 0 Å². The molecule has 0 amide bonds. The fourth-order valence-corrected chi connectivity index (χ4v) is 0.806. The van der Waals surface area contributed by atoms with E-state index in [2.05, 4.69) is 11.8 Å². The minimum Gasteiger partial charge on any atom is -0.251 e. The summed E-state index contributed by atoms with van der Waals surface area (Å²) < 4.78 is 0. The number of rotatable bonds is 6. The summed E-state index contributed by atoms with van der Waals surface area (Å²) in [6, 6.07) is 0. The molecule has 0 aromatic heterocycles. The Kier molecular flexibility index (Phi) is 12.0. The Labute approximate surface area is 112 Å². The average molecular weight is 264 g/mol. The quantitative estimate of drug-likeness (QED) is 0.433. The molecular weight excluding hydrogens is 232 g/mol. The molecule has 0 rings (SSSR count).